The Morgan fingerprint density at radius 2 is 1.07 bits per heavy atom. The van der Waals surface area contributed by atoms with Gasteiger partial charge < -0.3 is 0 Å². The molecule has 0 N–H and O–H groups in total. The third-order valence-electron chi connectivity index (χ3n) is 11.9. The molecule has 4 nitrogen and oxygen atoms in total. The Labute approximate surface area is 331 Å². The van der Waals surface area contributed by atoms with Crippen LogP contribution in [0, 0.1) is 0 Å². The van der Waals surface area contributed by atoms with Crippen molar-refractivity contribution in [2.24, 2.45) is 0 Å². The number of rotatable bonds is 5. The summed E-state index contributed by atoms with van der Waals surface area (Å²) >= 11 is -3.65. The number of hydrogen-bond acceptors (Lipinski definition) is 3. The third kappa shape index (κ3) is 4.62. The second-order valence-corrected chi connectivity index (χ2v) is 22.5. The van der Waals surface area contributed by atoms with Crippen LogP contribution in [0.1, 0.15) is 0 Å². The number of benzene rings is 8. The van der Waals surface area contributed by atoms with Gasteiger partial charge in [-0.15, -0.1) is 0 Å². The molecule has 4 heterocycles. The van der Waals surface area contributed by atoms with Gasteiger partial charge in [-0.05, 0) is 6.07 Å². The molecular formula is C52H33GeN3O. The Bertz CT molecular complexity index is 3300. The van der Waals surface area contributed by atoms with Gasteiger partial charge in [0.25, 0.3) is 0 Å². The first kappa shape index (κ1) is 32.2. The Hall–Kier alpha value is -7.02. The van der Waals surface area contributed by atoms with Crippen LogP contribution < -0.4 is 17.7 Å². The predicted molar refractivity (Wildman–Crippen MR) is 237 cm³/mol. The number of fused-ring (bicyclic) bond motifs is 10. The van der Waals surface area contributed by atoms with Crippen molar-refractivity contribution < 1.29 is 4.42 Å². The van der Waals surface area contributed by atoms with Gasteiger partial charge in [-0.1, -0.05) is 18.2 Å². The summed E-state index contributed by atoms with van der Waals surface area (Å²) < 4.78 is 14.3. The second-order valence-electron chi connectivity index (χ2n) is 14.8. The van der Waals surface area contributed by atoms with E-state index in [9.17, 15) is 0 Å². The molecule has 0 unspecified atom stereocenters. The van der Waals surface area contributed by atoms with E-state index in [4.69, 9.17) is 14.4 Å². The molecule has 5 heteroatoms. The molecule has 3 aromatic heterocycles. The number of furan rings is 1. The maximum absolute atomic E-state index is 6.65. The van der Waals surface area contributed by atoms with Crippen LogP contribution in [0.2, 0.25) is 0 Å². The molecule has 8 aromatic carbocycles. The van der Waals surface area contributed by atoms with E-state index in [1.165, 1.54) is 34.1 Å². The summed E-state index contributed by atoms with van der Waals surface area (Å²) in [5, 5.41) is 4.61. The zero-order valence-corrected chi connectivity index (χ0v) is 32.9. The van der Waals surface area contributed by atoms with Gasteiger partial charge in [-0.3, -0.25) is 0 Å². The van der Waals surface area contributed by atoms with Gasteiger partial charge in [0.1, 0.15) is 0 Å². The van der Waals surface area contributed by atoms with Crippen molar-refractivity contribution in [3.8, 4) is 39.5 Å². The van der Waals surface area contributed by atoms with Crippen molar-refractivity contribution in [1.29, 1.82) is 0 Å². The second kappa shape index (κ2) is 12.5. The topological polar surface area (TPSA) is 43.9 Å². The monoisotopic (exact) mass is 789 g/mol. The van der Waals surface area contributed by atoms with Crippen molar-refractivity contribution in [3.05, 3.63) is 200 Å². The minimum absolute atomic E-state index is 0.748. The fourth-order valence-corrected chi connectivity index (χ4v) is 20.0. The molecular weight excluding hydrogens is 755 g/mol. The molecule has 0 atom stereocenters. The fourth-order valence-electron chi connectivity index (χ4n) is 9.46. The molecule has 0 saturated carbocycles. The minimum atomic E-state index is -3.65. The van der Waals surface area contributed by atoms with Crippen molar-refractivity contribution in [2.75, 3.05) is 0 Å². The van der Waals surface area contributed by atoms with E-state index in [1.54, 1.807) is 0 Å². The molecule has 1 aliphatic rings. The quantitative estimate of drug-likeness (QED) is 0.163. The van der Waals surface area contributed by atoms with Crippen molar-refractivity contribution >= 4 is 74.7 Å². The van der Waals surface area contributed by atoms with Crippen molar-refractivity contribution in [2.45, 2.75) is 0 Å². The molecule has 1 aliphatic heterocycles. The number of hydrogen-bond donors (Lipinski definition) is 0. The molecule has 0 fully saturated rings. The Morgan fingerprint density at radius 3 is 1.82 bits per heavy atom. The number of nitrogens with zero attached hydrogens (tertiary/aromatic N) is 3. The molecule has 11 aromatic rings. The van der Waals surface area contributed by atoms with Gasteiger partial charge in [0.2, 0.25) is 0 Å². The Kier molecular flexibility index (Phi) is 7.07. The van der Waals surface area contributed by atoms with Gasteiger partial charge >= 0.3 is 309 Å². The standard InChI is InChI=1S/C52H33GeN3O/c1-4-16-35(17-5-1)52-54-48(47-43-24-10-13-25-44(43)53(51(47)55-52,36-18-6-2-7-19-36)37-20-8-3-9-21-37)34-28-30-38(31-29-34)56-45-26-14-11-22-39(45)41-32-33-42-40-23-12-15-27-46(40)57-50(42)49(41)56/h1-33H. The maximum atomic E-state index is 6.65. The van der Waals surface area contributed by atoms with Gasteiger partial charge in [0.05, 0.1) is 0 Å². The summed E-state index contributed by atoms with van der Waals surface area (Å²) in [6, 6.07) is 72.1. The van der Waals surface area contributed by atoms with E-state index in [1.807, 2.05) is 6.07 Å². The number of aromatic nitrogens is 3. The summed E-state index contributed by atoms with van der Waals surface area (Å²) in [6.07, 6.45) is 0. The third-order valence-corrected chi connectivity index (χ3v) is 21.8. The molecule has 0 aliphatic carbocycles. The van der Waals surface area contributed by atoms with Crippen molar-refractivity contribution in [3.63, 3.8) is 0 Å². The zero-order chi connectivity index (χ0) is 37.5. The predicted octanol–water partition coefficient (Wildman–Crippen LogP) is 10.2. The Balaban J connectivity index is 1.13. The Morgan fingerprint density at radius 1 is 0.456 bits per heavy atom. The molecule has 0 radical (unpaired) electrons. The molecule has 0 amide bonds. The zero-order valence-electron chi connectivity index (χ0n) is 30.8. The van der Waals surface area contributed by atoms with Gasteiger partial charge in [0.15, 0.2) is 0 Å². The van der Waals surface area contributed by atoms with Crippen LogP contribution in [0.4, 0.5) is 0 Å². The van der Waals surface area contributed by atoms with E-state index in [0.29, 0.717) is 0 Å². The first-order chi connectivity index (χ1) is 28.3. The number of para-hydroxylation sites is 2. The van der Waals surface area contributed by atoms with Gasteiger partial charge in [-0.2, -0.15) is 0 Å². The van der Waals surface area contributed by atoms with E-state index < -0.39 is 13.3 Å². The van der Waals surface area contributed by atoms with Crippen LogP contribution in [0.5, 0.6) is 0 Å². The molecule has 57 heavy (non-hydrogen) atoms. The normalized spacial score (nSPS) is 13.1. The summed E-state index contributed by atoms with van der Waals surface area (Å²) in [7, 11) is 0. The molecule has 266 valence electrons. The van der Waals surface area contributed by atoms with Crippen LogP contribution in [-0.4, -0.2) is 27.8 Å². The van der Waals surface area contributed by atoms with Gasteiger partial charge in [0, 0.05) is 0 Å². The molecule has 0 saturated heterocycles. The average Bonchev–Trinajstić information content (AvgIpc) is 3.94. The van der Waals surface area contributed by atoms with E-state index in [2.05, 4.69) is 199 Å². The van der Waals surface area contributed by atoms with Crippen LogP contribution in [0.3, 0.4) is 0 Å². The van der Waals surface area contributed by atoms with Crippen LogP contribution >= 0.6 is 0 Å². The SMILES string of the molecule is c1ccc(-c2nc(-c3ccc(-n4c5ccccc5c5ccc6c7ccccc7oc6c54)cc3)c3[c](n2)[Ge]([c]2ccccc2)([c]2ccccc2)[c]2ccccc2-3)cc1. The van der Waals surface area contributed by atoms with Crippen LogP contribution in [0.15, 0.2) is 205 Å². The van der Waals surface area contributed by atoms with E-state index >= 15 is 0 Å². The fraction of sp³-hybridized carbons (Fsp3) is 0. The van der Waals surface area contributed by atoms with Crippen LogP contribution in [0.25, 0.3) is 83.2 Å². The first-order valence-electron chi connectivity index (χ1n) is 19.4. The van der Waals surface area contributed by atoms with Crippen molar-refractivity contribution in [1.82, 2.24) is 14.5 Å². The molecule has 0 bridgehead atoms. The summed E-state index contributed by atoms with van der Waals surface area (Å²) in [6.45, 7) is 0. The molecule has 12 rings (SSSR count). The van der Waals surface area contributed by atoms with E-state index in [0.717, 1.165) is 66.9 Å². The van der Waals surface area contributed by atoms with Gasteiger partial charge in [-0.25, -0.2) is 0 Å². The first-order valence-corrected chi connectivity index (χ1v) is 23.6. The molecule has 0 spiro atoms. The summed E-state index contributed by atoms with van der Waals surface area (Å²) in [5.41, 5.74) is 10.5. The summed E-state index contributed by atoms with van der Waals surface area (Å²) in [5.74, 6) is 0.748. The van der Waals surface area contributed by atoms with Crippen LogP contribution in [-0.2, 0) is 0 Å². The van der Waals surface area contributed by atoms with E-state index in [-0.39, 0.29) is 0 Å². The summed E-state index contributed by atoms with van der Waals surface area (Å²) in [4.78, 5) is 11.2. The average molecular weight is 788 g/mol.